The minimum Gasteiger partial charge on any atom is -0.445 e. The number of likely N-dealkylation sites (tertiary alicyclic amines) is 1. The third-order valence-electron chi connectivity index (χ3n) is 9.73. The molecular weight excluding hydrogens is 684 g/mol. The third-order valence-corrected chi connectivity index (χ3v) is 9.73. The third kappa shape index (κ3) is 13.2. The Balaban J connectivity index is 1.43. The molecule has 4 atom stereocenters. The van der Waals surface area contributed by atoms with E-state index in [-0.39, 0.29) is 36.8 Å². The number of nitrogens with zero attached hydrogens (tertiary/aromatic N) is 2. The van der Waals surface area contributed by atoms with Crippen LogP contribution >= 0.6 is 0 Å². The van der Waals surface area contributed by atoms with Crippen LogP contribution in [0, 0.1) is 11.8 Å². The summed E-state index contributed by atoms with van der Waals surface area (Å²) in [6.07, 6.45) is -0.331. The molecule has 292 valence electrons. The van der Waals surface area contributed by atoms with E-state index in [1.165, 1.54) is 0 Å². The summed E-state index contributed by atoms with van der Waals surface area (Å²) < 4.78 is 11.0. The molecule has 3 aromatic rings. The molecule has 1 saturated heterocycles. The van der Waals surface area contributed by atoms with Crippen molar-refractivity contribution in [2.75, 3.05) is 20.1 Å². The van der Waals surface area contributed by atoms with Crippen LogP contribution in [0.3, 0.4) is 0 Å². The van der Waals surface area contributed by atoms with E-state index in [9.17, 15) is 24.3 Å². The normalized spacial score (nSPS) is 15.7. The zero-order valence-corrected chi connectivity index (χ0v) is 32.6. The van der Waals surface area contributed by atoms with Crippen molar-refractivity contribution in [2.45, 2.75) is 103 Å². The van der Waals surface area contributed by atoms with Crippen LogP contribution in [0.5, 0.6) is 0 Å². The second kappa shape index (κ2) is 20.0. The van der Waals surface area contributed by atoms with Gasteiger partial charge in [0.1, 0.15) is 18.2 Å². The van der Waals surface area contributed by atoms with Gasteiger partial charge in [-0.15, -0.1) is 0 Å². The first kappa shape index (κ1) is 41.9. The standard InChI is InChI=1S/C43H58N4O7/c1-30(2)38(40(50)47-24-22-35(23-25-47)46(6)42(52)53-29-33-20-14-9-15-21-33)45-39(49)34(26-31-16-10-7-11-17-31)28-37(48)36(27-32-18-12-8-13-19-32)44-41(51)54-43(3,4)5/h7-21,30,34-38,48H,22-29H2,1-6H3,(H,44,51)(H,45,49)/t34?,36?,37?,38-/m0/s1. The summed E-state index contributed by atoms with van der Waals surface area (Å²) >= 11 is 0. The minimum atomic E-state index is -1.11. The van der Waals surface area contributed by atoms with Crippen LogP contribution in [0.1, 0.15) is 70.6 Å². The van der Waals surface area contributed by atoms with Gasteiger partial charge in [0, 0.05) is 32.1 Å². The number of nitrogens with one attached hydrogen (secondary N) is 2. The van der Waals surface area contributed by atoms with Gasteiger partial charge in [0.25, 0.3) is 0 Å². The number of alkyl carbamates (subject to hydrolysis) is 1. The van der Waals surface area contributed by atoms with Crippen molar-refractivity contribution in [3.05, 3.63) is 108 Å². The maximum absolute atomic E-state index is 14.2. The summed E-state index contributed by atoms with van der Waals surface area (Å²) in [6.45, 7) is 10.2. The van der Waals surface area contributed by atoms with E-state index in [1.54, 1.807) is 37.6 Å². The molecule has 0 bridgehead atoms. The highest BCUT2D eigenvalue weighted by Gasteiger charge is 2.36. The quantitative estimate of drug-likeness (QED) is 0.170. The second-order valence-corrected chi connectivity index (χ2v) is 15.6. The fourth-order valence-electron chi connectivity index (χ4n) is 6.67. The molecule has 0 aromatic heterocycles. The van der Waals surface area contributed by atoms with Gasteiger partial charge in [-0.05, 0) is 75.5 Å². The molecule has 1 aliphatic heterocycles. The zero-order valence-electron chi connectivity index (χ0n) is 32.6. The number of carbonyl (C=O) groups is 4. The fraction of sp³-hybridized carbons (Fsp3) is 0.488. The highest BCUT2D eigenvalue weighted by molar-refractivity contribution is 5.89. The number of piperidine rings is 1. The first-order valence-corrected chi connectivity index (χ1v) is 19.0. The van der Waals surface area contributed by atoms with Gasteiger partial charge in [-0.3, -0.25) is 9.59 Å². The lowest BCUT2D eigenvalue weighted by molar-refractivity contribution is -0.140. The molecule has 1 heterocycles. The van der Waals surface area contributed by atoms with Crippen molar-refractivity contribution in [3.8, 4) is 0 Å². The summed E-state index contributed by atoms with van der Waals surface area (Å²) in [5.41, 5.74) is 1.99. The average Bonchev–Trinajstić information content (AvgIpc) is 3.15. The van der Waals surface area contributed by atoms with Crippen molar-refractivity contribution in [2.24, 2.45) is 11.8 Å². The summed E-state index contributed by atoms with van der Waals surface area (Å²) in [5.74, 6) is -1.46. The predicted molar refractivity (Wildman–Crippen MR) is 208 cm³/mol. The van der Waals surface area contributed by atoms with E-state index < -0.39 is 41.9 Å². The van der Waals surface area contributed by atoms with Crippen LogP contribution in [0.25, 0.3) is 0 Å². The first-order valence-electron chi connectivity index (χ1n) is 19.0. The summed E-state index contributed by atoms with van der Waals surface area (Å²) in [4.78, 5) is 57.2. The Hall–Kier alpha value is -4.90. The number of amides is 4. The second-order valence-electron chi connectivity index (χ2n) is 15.6. The molecule has 1 fully saturated rings. The molecule has 0 radical (unpaired) electrons. The van der Waals surface area contributed by atoms with Crippen molar-refractivity contribution >= 4 is 24.0 Å². The van der Waals surface area contributed by atoms with Gasteiger partial charge in [0.2, 0.25) is 11.8 Å². The van der Waals surface area contributed by atoms with Gasteiger partial charge >= 0.3 is 12.2 Å². The van der Waals surface area contributed by atoms with E-state index in [0.29, 0.717) is 38.8 Å². The number of rotatable bonds is 15. The lowest BCUT2D eigenvalue weighted by Crippen LogP contribution is -2.56. The molecule has 11 heteroatoms. The number of benzene rings is 3. The lowest BCUT2D eigenvalue weighted by Gasteiger charge is -2.38. The molecule has 0 spiro atoms. The Morgan fingerprint density at radius 1 is 0.815 bits per heavy atom. The van der Waals surface area contributed by atoms with E-state index in [4.69, 9.17) is 9.47 Å². The van der Waals surface area contributed by atoms with E-state index >= 15 is 0 Å². The Morgan fingerprint density at radius 2 is 1.33 bits per heavy atom. The fourth-order valence-corrected chi connectivity index (χ4v) is 6.67. The maximum Gasteiger partial charge on any atom is 0.410 e. The zero-order chi connectivity index (χ0) is 39.3. The van der Waals surface area contributed by atoms with Gasteiger partial charge in [0.15, 0.2) is 0 Å². The van der Waals surface area contributed by atoms with Gasteiger partial charge in [-0.1, -0.05) is 105 Å². The van der Waals surface area contributed by atoms with Crippen LogP contribution in [-0.2, 0) is 38.5 Å². The van der Waals surface area contributed by atoms with E-state index in [2.05, 4.69) is 10.6 Å². The number of aliphatic hydroxyl groups excluding tert-OH is 1. The van der Waals surface area contributed by atoms with Crippen LogP contribution in [-0.4, -0.2) is 88.9 Å². The number of ether oxygens (including phenoxy) is 2. The topological polar surface area (TPSA) is 138 Å². The molecule has 3 unspecified atom stereocenters. The molecule has 54 heavy (non-hydrogen) atoms. The van der Waals surface area contributed by atoms with Gasteiger partial charge in [-0.25, -0.2) is 9.59 Å². The number of hydrogen-bond acceptors (Lipinski definition) is 7. The van der Waals surface area contributed by atoms with Crippen LogP contribution in [0.15, 0.2) is 91.0 Å². The van der Waals surface area contributed by atoms with Crippen LogP contribution in [0.2, 0.25) is 0 Å². The van der Waals surface area contributed by atoms with Gasteiger partial charge in [0.05, 0.1) is 12.1 Å². The van der Waals surface area contributed by atoms with Crippen molar-refractivity contribution in [1.82, 2.24) is 20.4 Å². The molecule has 1 aliphatic rings. The first-order chi connectivity index (χ1) is 25.7. The number of hydrogen-bond donors (Lipinski definition) is 3. The minimum absolute atomic E-state index is 0.0329. The molecule has 4 rings (SSSR count). The van der Waals surface area contributed by atoms with Gasteiger partial charge in [-0.2, -0.15) is 0 Å². The Labute approximate surface area is 320 Å². The lowest BCUT2D eigenvalue weighted by atomic mass is 9.88. The van der Waals surface area contributed by atoms with Crippen molar-refractivity contribution in [1.29, 1.82) is 0 Å². The van der Waals surface area contributed by atoms with Crippen molar-refractivity contribution < 1.29 is 33.8 Å². The summed E-state index contributed by atoms with van der Waals surface area (Å²) in [6, 6.07) is 27.0. The molecule has 0 saturated carbocycles. The smallest absolute Gasteiger partial charge is 0.410 e. The molecule has 4 amide bonds. The SMILES string of the molecule is CC(C)[C@H](NC(=O)C(Cc1ccccc1)CC(O)C(Cc1ccccc1)NC(=O)OC(C)(C)C)C(=O)N1CCC(N(C)C(=O)OCc2ccccc2)CC1. The van der Waals surface area contributed by atoms with Gasteiger partial charge < -0.3 is 35.0 Å². The Morgan fingerprint density at radius 3 is 1.85 bits per heavy atom. The number of aliphatic hydroxyl groups is 1. The van der Waals surface area contributed by atoms with Crippen LogP contribution < -0.4 is 10.6 Å². The van der Waals surface area contributed by atoms with Crippen LogP contribution in [0.4, 0.5) is 9.59 Å². The average molecular weight is 743 g/mol. The van der Waals surface area contributed by atoms with E-state index in [1.807, 2.05) is 105 Å². The Bertz CT molecular complexity index is 1620. The molecule has 0 aliphatic carbocycles. The molecule has 3 N–H and O–H groups in total. The summed E-state index contributed by atoms with van der Waals surface area (Å²) in [5, 5.41) is 17.6. The highest BCUT2D eigenvalue weighted by Crippen LogP contribution is 2.22. The highest BCUT2D eigenvalue weighted by atomic mass is 16.6. The van der Waals surface area contributed by atoms with Crippen molar-refractivity contribution in [3.63, 3.8) is 0 Å². The largest absolute Gasteiger partial charge is 0.445 e. The number of carbonyl (C=O) groups excluding carboxylic acids is 4. The monoisotopic (exact) mass is 742 g/mol. The van der Waals surface area contributed by atoms with E-state index in [0.717, 1.165) is 16.7 Å². The molecule has 3 aromatic carbocycles. The molecular formula is C43H58N4O7. The summed E-state index contributed by atoms with van der Waals surface area (Å²) in [7, 11) is 1.72. The maximum atomic E-state index is 14.2. The predicted octanol–water partition coefficient (Wildman–Crippen LogP) is 6.13. The Kier molecular flexibility index (Phi) is 15.5. The molecule has 11 nitrogen and oxygen atoms in total.